The van der Waals surface area contributed by atoms with Crippen molar-refractivity contribution in [3.8, 4) is 0 Å². The van der Waals surface area contributed by atoms with Gasteiger partial charge in [-0.15, -0.1) is 0 Å². The SMILES string of the molecule is O=C(O)c1conc1Cc1ccc(F)cc1. The predicted molar refractivity (Wildman–Crippen MR) is 52.7 cm³/mol. The van der Waals surface area contributed by atoms with Gasteiger partial charge in [0.2, 0.25) is 0 Å². The largest absolute Gasteiger partial charge is 0.478 e. The van der Waals surface area contributed by atoms with Gasteiger partial charge in [-0.25, -0.2) is 9.18 Å². The second-order valence-corrected chi connectivity index (χ2v) is 3.28. The number of nitrogens with zero attached hydrogens (tertiary/aromatic N) is 1. The second kappa shape index (κ2) is 4.14. The summed E-state index contributed by atoms with van der Waals surface area (Å²) in [5, 5.41) is 12.4. The van der Waals surface area contributed by atoms with Crippen molar-refractivity contribution in [1.29, 1.82) is 0 Å². The zero-order valence-corrected chi connectivity index (χ0v) is 8.18. The molecule has 5 heteroatoms. The van der Waals surface area contributed by atoms with E-state index in [4.69, 9.17) is 5.11 Å². The summed E-state index contributed by atoms with van der Waals surface area (Å²) in [6.45, 7) is 0. The Morgan fingerprint density at radius 3 is 2.69 bits per heavy atom. The number of halogens is 1. The van der Waals surface area contributed by atoms with Gasteiger partial charge in [-0.1, -0.05) is 17.3 Å². The highest BCUT2D eigenvalue weighted by atomic mass is 19.1. The van der Waals surface area contributed by atoms with E-state index < -0.39 is 5.97 Å². The molecule has 1 heterocycles. The van der Waals surface area contributed by atoms with Gasteiger partial charge >= 0.3 is 5.97 Å². The second-order valence-electron chi connectivity index (χ2n) is 3.28. The molecular weight excluding hydrogens is 213 g/mol. The standard InChI is InChI=1S/C11H8FNO3/c12-8-3-1-7(2-4-8)5-10-9(11(14)15)6-16-13-10/h1-4,6H,5H2,(H,14,15). The lowest BCUT2D eigenvalue weighted by Gasteiger charge is -1.98. The first kappa shape index (κ1) is 10.4. The van der Waals surface area contributed by atoms with Crippen LogP contribution in [0.25, 0.3) is 0 Å². The molecule has 0 saturated heterocycles. The van der Waals surface area contributed by atoms with Crippen LogP contribution in [0.15, 0.2) is 35.1 Å². The minimum absolute atomic E-state index is 0.0318. The van der Waals surface area contributed by atoms with E-state index >= 15 is 0 Å². The first-order valence-electron chi connectivity index (χ1n) is 4.58. The molecule has 82 valence electrons. The van der Waals surface area contributed by atoms with Crippen molar-refractivity contribution in [1.82, 2.24) is 5.16 Å². The summed E-state index contributed by atoms with van der Waals surface area (Å²) in [7, 11) is 0. The molecule has 0 aliphatic rings. The summed E-state index contributed by atoms with van der Waals surface area (Å²) >= 11 is 0. The van der Waals surface area contributed by atoms with Gasteiger partial charge in [-0.3, -0.25) is 0 Å². The van der Waals surface area contributed by atoms with Crippen molar-refractivity contribution in [3.63, 3.8) is 0 Å². The fourth-order valence-corrected chi connectivity index (χ4v) is 1.36. The zero-order valence-electron chi connectivity index (χ0n) is 8.18. The van der Waals surface area contributed by atoms with E-state index in [9.17, 15) is 9.18 Å². The molecule has 2 rings (SSSR count). The van der Waals surface area contributed by atoms with Crippen LogP contribution in [0, 0.1) is 5.82 Å². The molecule has 2 aromatic rings. The summed E-state index contributed by atoms with van der Waals surface area (Å²) in [5.41, 5.74) is 1.14. The molecule has 0 saturated carbocycles. The third kappa shape index (κ3) is 2.08. The highest BCUT2D eigenvalue weighted by Gasteiger charge is 2.14. The number of aromatic carboxylic acids is 1. The summed E-state index contributed by atoms with van der Waals surface area (Å²) in [6, 6.07) is 5.79. The molecule has 1 aromatic heterocycles. The third-order valence-corrected chi connectivity index (χ3v) is 2.16. The lowest BCUT2D eigenvalue weighted by Crippen LogP contribution is -2.00. The van der Waals surface area contributed by atoms with Crippen LogP contribution >= 0.6 is 0 Å². The number of benzene rings is 1. The zero-order chi connectivity index (χ0) is 11.5. The Balaban J connectivity index is 2.23. The van der Waals surface area contributed by atoms with Crippen molar-refractivity contribution in [3.05, 3.63) is 53.2 Å². The molecule has 16 heavy (non-hydrogen) atoms. The number of carboxylic acid groups (broad SMARTS) is 1. The monoisotopic (exact) mass is 221 g/mol. The number of aromatic nitrogens is 1. The molecule has 0 unspecified atom stereocenters. The first-order valence-corrected chi connectivity index (χ1v) is 4.58. The van der Waals surface area contributed by atoms with Crippen LogP contribution in [0.3, 0.4) is 0 Å². The number of rotatable bonds is 3. The molecule has 0 radical (unpaired) electrons. The summed E-state index contributed by atoms with van der Waals surface area (Å²) in [5.74, 6) is -1.42. The van der Waals surface area contributed by atoms with Gasteiger partial charge in [0, 0.05) is 6.42 Å². The topological polar surface area (TPSA) is 63.3 Å². The van der Waals surface area contributed by atoms with Crippen molar-refractivity contribution in [2.24, 2.45) is 0 Å². The first-order chi connectivity index (χ1) is 7.66. The number of hydrogen-bond acceptors (Lipinski definition) is 3. The van der Waals surface area contributed by atoms with Gasteiger partial charge in [0.25, 0.3) is 0 Å². The molecule has 0 amide bonds. The molecule has 0 fully saturated rings. The van der Waals surface area contributed by atoms with E-state index in [0.717, 1.165) is 11.8 Å². The Bertz CT molecular complexity index is 504. The third-order valence-electron chi connectivity index (χ3n) is 2.16. The maximum absolute atomic E-state index is 12.6. The molecule has 0 aliphatic heterocycles. The van der Waals surface area contributed by atoms with Gasteiger partial charge in [0.15, 0.2) is 0 Å². The molecule has 4 nitrogen and oxygen atoms in total. The Kier molecular flexibility index (Phi) is 2.68. The van der Waals surface area contributed by atoms with Crippen LogP contribution in [0.1, 0.15) is 21.6 Å². The highest BCUT2D eigenvalue weighted by Crippen LogP contribution is 2.13. The predicted octanol–water partition coefficient (Wildman–Crippen LogP) is 2.10. The average molecular weight is 221 g/mol. The molecule has 1 aromatic carbocycles. The summed E-state index contributed by atoms with van der Waals surface area (Å²) < 4.78 is 17.2. The Hall–Kier alpha value is -2.17. The molecule has 0 aliphatic carbocycles. The highest BCUT2D eigenvalue weighted by molar-refractivity contribution is 5.88. The van der Waals surface area contributed by atoms with Crippen LogP contribution in [-0.2, 0) is 6.42 Å². The lowest BCUT2D eigenvalue weighted by atomic mass is 10.1. The van der Waals surface area contributed by atoms with Crippen LogP contribution in [0.2, 0.25) is 0 Å². The number of hydrogen-bond donors (Lipinski definition) is 1. The van der Waals surface area contributed by atoms with Crippen LogP contribution < -0.4 is 0 Å². The van der Waals surface area contributed by atoms with Crippen molar-refractivity contribution >= 4 is 5.97 Å². The molecule has 0 spiro atoms. The molecule has 0 bridgehead atoms. The van der Waals surface area contributed by atoms with Gasteiger partial charge in [-0.2, -0.15) is 0 Å². The fraction of sp³-hybridized carbons (Fsp3) is 0.0909. The van der Waals surface area contributed by atoms with E-state index in [-0.39, 0.29) is 11.4 Å². The van der Waals surface area contributed by atoms with Gasteiger partial charge < -0.3 is 9.63 Å². The fourth-order valence-electron chi connectivity index (χ4n) is 1.36. The Morgan fingerprint density at radius 1 is 1.38 bits per heavy atom. The normalized spacial score (nSPS) is 10.3. The van der Waals surface area contributed by atoms with Gasteiger partial charge in [-0.05, 0) is 17.7 Å². The van der Waals surface area contributed by atoms with Crippen molar-refractivity contribution < 1.29 is 18.8 Å². The van der Waals surface area contributed by atoms with E-state index in [1.165, 1.54) is 12.1 Å². The lowest BCUT2D eigenvalue weighted by molar-refractivity contribution is 0.0695. The van der Waals surface area contributed by atoms with E-state index in [0.29, 0.717) is 12.1 Å². The minimum atomic E-state index is -1.08. The van der Waals surface area contributed by atoms with Gasteiger partial charge in [0.05, 0.1) is 0 Å². The van der Waals surface area contributed by atoms with E-state index in [2.05, 4.69) is 9.68 Å². The maximum atomic E-state index is 12.6. The van der Waals surface area contributed by atoms with Crippen molar-refractivity contribution in [2.75, 3.05) is 0 Å². The quantitative estimate of drug-likeness (QED) is 0.862. The Labute approximate surface area is 90.3 Å². The Morgan fingerprint density at radius 2 is 2.06 bits per heavy atom. The van der Waals surface area contributed by atoms with Crippen LogP contribution in [0.4, 0.5) is 4.39 Å². The molecule has 1 N–H and O–H groups in total. The smallest absolute Gasteiger partial charge is 0.340 e. The summed E-state index contributed by atoms with van der Waals surface area (Å²) in [4.78, 5) is 10.8. The van der Waals surface area contributed by atoms with Crippen molar-refractivity contribution in [2.45, 2.75) is 6.42 Å². The molecule has 0 atom stereocenters. The molecular formula is C11H8FNO3. The average Bonchev–Trinajstić information content (AvgIpc) is 2.69. The minimum Gasteiger partial charge on any atom is -0.478 e. The van der Waals surface area contributed by atoms with E-state index in [1.54, 1.807) is 12.1 Å². The summed E-state index contributed by atoms with van der Waals surface area (Å²) in [6.07, 6.45) is 1.39. The maximum Gasteiger partial charge on any atom is 0.340 e. The van der Waals surface area contributed by atoms with E-state index in [1.807, 2.05) is 0 Å². The van der Waals surface area contributed by atoms with Crippen LogP contribution in [0.5, 0.6) is 0 Å². The number of carbonyl (C=O) groups is 1. The van der Waals surface area contributed by atoms with Crippen LogP contribution in [-0.4, -0.2) is 16.2 Å². The number of carboxylic acids is 1. The van der Waals surface area contributed by atoms with Gasteiger partial charge in [0.1, 0.15) is 23.3 Å².